The van der Waals surface area contributed by atoms with E-state index in [1.807, 2.05) is 17.0 Å². The number of carboxylic acids is 1. The van der Waals surface area contributed by atoms with E-state index in [4.69, 9.17) is 5.11 Å². The molecular weight excluding hydrogens is 263 g/mol. The van der Waals surface area contributed by atoms with E-state index in [-0.39, 0.29) is 30.9 Å². The number of hydrogen-bond donors (Lipinski definition) is 1. The van der Waals surface area contributed by atoms with Crippen molar-refractivity contribution >= 4 is 30.8 Å². The van der Waals surface area contributed by atoms with Gasteiger partial charge in [0.2, 0.25) is 0 Å². The molecule has 17 heavy (non-hydrogen) atoms. The number of halogens is 2. The molecule has 2 heterocycles. The van der Waals surface area contributed by atoms with Gasteiger partial charge in [-0.15, -0.1) is 24.8 Å². The van der Waals surface area contributed by atoms with E-state index in [9.17, 15) is 4.79 Å². The van der Waals surface area contributed by atoms with Crippen LogP contribution in [-0.4, -0.2) is 33.5 Å². The Morgan fingerprint density at radius 2 is 2.29 bits per heavy atom. The first kappa shape index (κ1) is 16.2. The average molecular weight is 279 g/mol. The van der Waals surface area contributed by atoms with Gasteiger partial charge in [0, 0.05) is 18.9 Å². The molecule has 1 aromatic rings. The lowest BCUT2D eigenvalue weighted by Gasteiger charge is -2.20. The molecule has 1 fully saturated rings. The second kappa shape index (κ2) is 7.48. The lowest BCUT2D eigenvalue weighted by Crippen LogP contribution is -2.35. The van der Waals surface area contributed by atoms with Gasteiger partial charge in [-0.25, -0.2) is 0 Å². The molecule has 0 amide bonds. The molecule has 0 aromatic carbocycles. The standard InChI is InChI=1S/C11H14N2O2.2ClH/c14-11(15)10-4-2-6-13(10)8-9-3-1-5-12-7-9;;/h1,3,5,7,10H,2,4,6,8H2,(H,14,15);2*1H. The Balaban J connectivity index is 0.00000128. The van der Waals surface area contributed by atoms with Crippen molar-refractivity contribution in [1.82, 2.24) is 9.88 Å². The maximum atomic E-state index is 10.9. The number of carboxylic acid groups (broad SMARTS) is 1. The summed E-state index contributed by atoms with van der Waals surface area (Å²) in [7, 11) is 0. The number of carbonyl (C=O) groups is 1. The van der Waals surface area contributed by atoms with E-state index in [1.165, 1.54) is 0 Å². The van der Waals surface area contributed by atoms with Gasteiger partial charge in [-0.05, 0) is 31.0 Å². The third-order valence-corrected chi connectivity index (χ3v) is 2.76. The van der Waals surface area contributed by atoms with Crippen molar-refractivity contribution in [3.05, 3.63) is 30.1 Å². The Labute approximate surface area is 113 Å². The van der Waals surface area contributed by atoms with Gasteiger partial charge in [-0.2, -0.15) is 0 Å². The van der Waals surface area contributed by atoms with Gasteiger partial charge in [0.05, 0.1) is 0 Å². The molecule has 1 aliphatic heterocycles. The maximum Gasteiger partial charge on any atom is 0.320 e. The van der Waals surface area contributed by atoms with Gasteiger partial charge < -0.3 is 5.11 Å². The molecule has 1 N–H and O–H groups in total. The molecular formula is C11H16Cl2N2O2. The summed E-state index contributed by atoms with van der Waals surface area (Å²) in [5.74, 6) is -0.712. The normalized spacial score (nSPS) is 19.2. The first-order valence-electron chi connectivity index (χ1n) is 5.13. The number of aliphatic carboxylic acids is 1. The van der Waals surface area contributed by atoms with Crippen LogP contribution in [0.3, 0.4) is 0 Å². The first-order valence-corrected chi connectivity index (χ1v) is 5.13. The van der Waals surface area contributed by atoms with Gasteiger partial charge in [-0.1, -0.05) is 6.07 Å². The van der Waals surface area contributed by atoms with E-state index in [0.717, 1.165) is 24.9 Å². The highest BCUT2D eigenvalue weighted by Gasteiger charge is 2.30. The third kappa shape index (κ3) is 4.15. The van der Waals surface area contributed by atoms with Crippen molar-refractivity contribution in [2.24, 2.45) is 0 Å². The second-order valence-corrected chi connectivity index (χ2v) is 3.83. The summed E-state index contributed by atoms with van der Waals surface area (Å²) in [6.07, 6.45) is 5.24. The first-order chi connectivity index (χ1) is 7.27. The molecule has 96 valence electrons. The van der Waals surface area contributed by atoms with Crippen LogP contribution in [0.2, 0.25) is 0 Å². The van der Waals surface area contributed by atoms with Crippen molar-refractivity contribution in [3.8, 4) is 0 Å². The van der Waals surface area contributed by atoms with Crippen molar-refractivity contribution in [1.29, 1.82) is 0 Å². The van der Waals surface area contributed by atoms with E-state index >= 15 is 0 Å². The van der Waals surface area contributed by atoms with Crippen molar-refractivity contribution in [2.75, 3.05) is 6.54 Å². The molecule has 1 aliphatic rings. The Bertz CT molecular complexity index is 349. The zero-order valence-corrected chi connectivity index (χ0v) is 10.9. The average Bonchev–Trinajstić information content (AvgIpc) is 2.67. The molecule has 0 spiro atoms. The third-order valence-electron chi connectivity index (χ3n) is 2.76. The van der Waals surface area contributed by atoms with E-state index in [1.54, 1.807) is 12.4 Å². The SMILES string of the molecule is Cl.Cl.O=C(O)C1CCCN1Cc1cccnc1. The summed E-state index contributed by atoms with van der Waals surface area (Å²) < 4.78 is 0. The smallest absolute Gasteiger partial charge is 0.320 e. The Morgan fingerprint density at radius 1 is 1.53 bits per heavy atom. The van der Waals surface area contributed by atoms with Gasteiger partial charge in [0.15, 0.2) is 0 Å². The lowest BCUT2D eigenvalue weighted by molar-refractivity contribution is -0.142. The molecule has 0 aliphatic carbocycles. The number of pyridine rings is 1. The van der Waals surface area contributed by atoms with Crippen LogP contribution >= 0.6 is 24.8 Å². The van der Waals surface area contributed by atoms with Crippen LogP contribution in [0, 0.1) is 0 Å². The molecule has 1 atom stereocenters. The molecule has 2 rings (SSSR count). The predicted octanol–water partition coefficient (Wildman–Crippen LogP) is 1.97. The van der Waals surface area contributed by atoms with Crippen LogP contribution in [0.25, 0.3) is 0 Å². The maximum absolute atomic E-state index is 10.9. The monoisotopic (exact) mass is 278 g/mol. The number of aromatic nitrogens is 1. The fourth-order valence-corrected chi connectivity index (χ4v) is 2.02. The number of rotatable bonds is 3. The lowest BCUT2D eigenvalue weighted by atomic mass is 10.2. The molecule has 1 aromatic heterocycles. The molecule has 0 saturated carbocycles. The largest absolute Gasteiger partial charge is 0.480 e. The van der Waals surface area contributed by atoms with Crippen LogP contribution in [0.4, 0.5) is 0 Å². The van der Waals surface area contributed by atoms with Crippen LogP contribution in [0.15, 0.2) is 24.5 Å². The molecule has 6 heteroatoms. The minimum absolute atomic E-state index is 0. The predicted molar refractivity (Wildman–Crippen MR) is 69.8 cm³/mol. The van der Waals surface area contributed by atoms with Crippen LogP contribution < -0.4 is 0 Å². The summed E-state index contributed by atoms with van der Waals surface area (Å²) in [5, 5.41) is 9.00. The summed E-state index contributed by atoms with van der Waals surface area (Å²) in [5.41, 5.74) is 1.07. The fraction of sp³-hybridized carbons (Fsp3) is 0.455. The number of likely N-dealkylation sites (tertiary alicyclic amines) is 1. The molecule has 0 bridgehead atoms. The highest BCUT2D eigenvalue weighted by Crippen LogP contribution is 2.19. The zero-order valence-electron chi connectivity index (χ0n) is 9.28. The Kier molecular flexibility index (Phi) is 7.11. The van der Waals surface area contributed by atoms with E-state index in [2.05, 4.69) is 4.98 Å². The topological polar surface area (TPSA) is 53.4 Å². The second-order valence-electron chi connectivity index (χ2n) is 3.83. The molecule has 1 unspecified atom stereocenters. The summed E-state index contributed by atoms with van der Waals surface area (Å²) >= 11 is 0. The quantitative estimate of drug-likeness (QED) is 0.919. The van der Waals surface area contributed by atoms with Crippen LogP contribution in [0.5, 0.6) is 0 Å². The minimum Gasteiger partial charge on any atom is -0.480 e. The van der Waals surface area contributed by atoms with Gasteiger partial charge in [-0.3, -0.25) is 14.7 Å². The highest BCUT2D eigenvalue weighted by molar-refractivity contribution is 5.85. The summed E-state index contributed by atoms with van der Waals surface area (Å²) in [6, 6.07) is 3.54. The Morgan fingerprint density at radius 3 is 2.88 bits per heavy atom. The summed E-state index contributed by atoms with van der Waals surface area (Å²) in [6.45, 7) is 1.55. The zero-order chi connectivity index (χ0) is 10.7. The molecule has 1 saturated heterocycles. The Hall–Kier alpha value is -0.840. The van der Waals surface area contributed by atoms with Crippen molar-refractivity contribution < 1.29 is 9.90 Å². The number of nitrogens with zero attached hydrogens (tertiary/aromatic N) is 2. The van der Waals surface area contributed by atoms with Gasteiger partial charge in [0.1, 0.15) is 6.04 Å². The van der Waals surface area contributed by atoms with Crippen molar-refractivity contribution in [3.63, 3.8) is 0 Å². The summed E-state index contributed by atoms with van der Waals surface area (Å²) in [4.78, 5) is 17.0. The number of hydrogen-bond acceptors (Lipinski definition) is 3. The van der Waals surface area contributed by atoms with E-state index in [0.29, 0.717) is 6.54 Å². The van der Waals surface area contributed by atoms with Crippen LogP contribution in [-0.2, 0) is 11.3 Å². The van der Waals surface area contributed by atoms with Crippen molar-refractivity contribution in [2.45, 2.75) is 25.4 Å². The van der Waals surface area contributed by atoms with E-state index < -0.39 is 5.97 Å². The van der Waals surface area contributed by atoms with Gasteiger partial charge >= 0.3 is 5.97 Å². The minimum atomic E-state index is -0.712. The molecule has 4 nitrogen and oxygen atoms in total. The highest BCUT2D eigenvalue weighted by atomic mass is 35.5. The fourth-order valence-electron chi connectivity index (χ4n) is 2.02. The van der Waals surface area contributed by atoms with Crippen LogP contribution in [0.1, 0.15) is 18.4 Å². The van der Waals surface area contributed by atoms with Gasteiger partial charge in [0.25, 0.3) is 0 Å². The molecule has 0 radical (unpaired) electrons.